The minimum absolute atomic E-state index is 0.0914. The summed E-state index contributed by atoms with van der Waals surface area (Å²) in [6.07, 6.45) is 1.39. The Morgan fingerprint density at radius 3 is 2.90 bits per heavy atom. The molecule has 100 valence electrons. The van der Waals surface area contributed by atoms with Gasteiger partial charge in [0.2, 0.25) is 5.88 Å². The minimum atomic E-state index is -0.516. The van der Waals surface area contributed by atoms with Gasteiger partial charge in [-0.3, -0.25) is 10.1 Å². The molecule has 3 rings (SSSR count). The van der Waals surface area contributed by atoms with Gasteiger partial charge < -0.3 is 4.74 Å². The smallest absolute Gasteiger partial charge is 0.271 e. The number of nitro groups is 1. The molecule has 0 aliphatic carbocycles. The van der Waals surface area contributed by atoms with Gasteiger partial charge in [0, 0.05) is 12.1 Å². The second-order valence-electron chi connectivity index (χ2n) is 3.79. The molecule has 0 N–H and O–H groups in total. The molecular formula is C12H6ClN3O3S. The van der Waals surface area contributed by atoms with Crippen LogP contribution in [0, 0.1) is 10.1 Å². The van der Waals surface area contributed by atoms with Crippen molar-refractivity contribution in [3.63, 3.8) is 0 Å². The van der Waals surface area contributed by atoms with Crippen LogP contribution in [0.15, 0.2) is 36.0 Å². The van der Waals surface area contributed by atoms with Crippen LogP contribution in [0.1, 0.15) is 0 Å². The third-order valence-electron chi connectivity index (χ3n) is 2.54. The number of non-ortho nitro benzene ring substituents is 1. The third-order valence-corrected chi connectivity index (χ3v) is 3.73. The molecule has 0 aliphatic rings. The number of hydrogen-bond acceptors (Lipinski definition) is 6. The van der Waals surface area contributed by atoms with Crippen LogP contribution in [0.5, 0.6) is 11.6 Å². The van der Waals surface area contributed by atoms with Gasteiger partial charge in [-0.1, -0.05) is 11.6 Å². The molecule has 0 spiro atoms. The van der Waals surface area contributed by atoms with Gasteiger partial charge in [-0.2, -0.15) is 0 Å². The average Bonchev–Trinajstić information content (AvgIpc) is 2.90. The summed E-state index contributed by atoms with van der Waals surface area (Å²) in [5.74, 6) is 0.686. The Hall–Kier alpha value is -2.25. The van der Waals surface area contributed by atoms with Gasteiger partial charge >= 0.3 is 0 Å². The molecule has 6 nitrogen and oxygen atoms in total. The second-order valence-corrected chi connectivity index (χ2v) is 5.11. The van der Waals surface area contributed by atoms with E-state index in [1.54, 1.807) is 0 Å². The Labute approximate surface area is 121 Å². The number of ether oxygens (including phenoxy) is 1. The number of benzene rings is 1. The largest absolute Gasteiger partial charge is 0.436 e. The zero-order valence-corrected chi connectivity index (χ0v) is 11.4. The molecule has 0 saturated carbocycles. The molecule has 0 radical (unpaired) electrons. The zero-order chi connectivity index (χ0) is 14.1. The first-order chi connectivity index (χ1) is 9.65. The summed E-state index contributed by atoms with van der Waals surface area (Å²) in [6.45, 7) is 0. The van der Waals surface area contributed by atoms with Crippen molar-refractivity contribution in [1.29, 1.82) is 0 Å². The highest BCUT2D eigenvalue weighted by Crippen LogP contribution is 2.35. The second kappa shape index (κ2) is 5.03. The van der Waals surface area contributed by atoms with Crippen molar-refractivity contribution >= 4 is 38.8 Å². The molecule has 2 aromatic heterocycles. The number of thiophene rings is 1. The maximum absolute atomic E-state index is 10.7. The van der Waals surface area contributed by atoms with E-state index in [4.69, 9.17) is 16.3 Å². The summed E-state index contributed by atoms with van der Waals surface area (Å²) in [6, 6.07) is 5.87. The van der Waals surface area contributed by atoms with Gasteiger partial charge in [-0.15, -0.1) is 11.3 Å². The first-order valence-corrected chi connectivity index (χ1v) is 6.71. The Bertz CT molecular complexity index is 805. The van der Waals surface area contributed by atoms with Crippen LogP contribution in [-0.4, -0.2) is 14.9 Å². The van der Waals surface area contributed by atoms with Crippen LogP contribution in [0.25, 0.3) is 10.2 Å². The molecule has 1 aromatic carbocycles. The highest BCUT2D eigenvalue weighted by molar-refractivity contribution is 7.17. The van der Waals surface area contributed by atoms with E-state index in [1.165, 1.54) is 35.9 Å². The molecule has 0 atom stereocenters. The molecule has 0 amide bonds. The highest BCUT2D eigenvalue weighted by Gasteiger charge is 2.13. The van der Waals surface area contributed by atoms with Crippen LogP contribution < -0.4 is 4.74 Å². The summed E-state index contributed by atoms with van der Waals surface area (Å²) in [5.41, 5.74) is 0.685. The summed E-state index contributed by atoms with van der Waals surface area (Å²) >= 11 is 7.42. The van der Waals surface area contributed by atoms with Gasteiger partial charge in [0.05, 0.1) is 15.5 Å². The maximum Gasteiger partial charge on any atom is 0.271 e. The molecule has 3 aromatic rings. The van der Waals surface area contributed by atoms with Crippen LogP contribution >= 0.6 is 22.9 Å². The monoisotopic (exact) mass is 307 g/mol. The molecule has 0 bridgehead atoms. The molecule has 8 heteroatoms. The van der Waals surface area contributed by atoms with E-state index in [-0.39, 0.29) is 10.7 Å². The number of fused-ring (bicyclic) bond motifs is 1. The number of hydrogen-bond donors (Lipinski definition) is 0. The first-order valence-electron chi connectivity index (χ1n) is 5.45. The van der Waals surface area contributed by atoms with Crippen LogP contribution in [0.2, 0.25) is 5.02 Å². The lowest BCUT2D eigenvalue weighted by molar-refractivity contribution is -0.384. The summed E-state index contributed by atoms with van der Waals surface area (Å²) in [7, 11) is 0. The molecule has 0 unspecified atom stereocenters. The highest BCUT2D eigenvalue weighted by atomic mass is 35.5. The third kappa shape index (κ3) is 2.28. The summed E-state index contributed by atoms with van der Waals surface area (Å²) in [4.78, 5) is 18.3. The summed E-state index contributed by atoms with van der Waals surface area (Å²) < 4.78 is 6.41. The van der Waals surface area contributed by atoms with Crippen LogP contribution in [0.4, 0.5) is 5.69 Å². The lowest BCUT2D eigenvalue weighted by atomic mass is 10.3. The predicted molar refractivity (Wildman–Crippen MR) is 75.6 cm³/mol. The predicted octanol–water partition coefficient (Wildman–Crippen LogP) is 4.05. The van der Waals surface area contributed by atoms with Crippen molar-refractivity contribution < 1.29 is 9.66 Å². The maximum atomic E-state index is 10.7. The van der Waals surface area contributed by atoms with Gasteiger partial charge in [0.1, 0.15) is 16.8 Å². The van der Waals surface area contributed by atoms with Crippen molar-refractivity contribution in [3.05, 3.63) is 51.1 Å². The van der Waals surface area contributed by atoms with E-state index in [9.17, 15) is 10.1 Å². The van der Waals surface area contributed by atoms with E-state index in [0.29, 0.717) is 11.6 Å². The standard InChI is InChI=1S/C12H6ClN3O3S/c13-8-5-7(16(17)18)1-2-10(8)19-12-11-9(3-4-20-11)14-6-15-12/h1-6H. The van der Waals surface area contributed by atoms with Gasteiger partial charge in [0.15, 0.2) is 0 Å². The van der Waals surface area contributed by atoms with E-state index in [2.05, 4.69) is 9.97 Å². The number of aromatic nitrogens is 2. The fourth-order valence-electron chi connectivity index (χ4n) is 1.63. The molecule has 0 fully saturated rings. The Balaban J connectivity index is 1.99. The SMILES string of the molecule is O=[N+]([O-])c1ccc(Oc2ncnc3ccsc23)c(Cl)c1. The lowest BCUT2D eigenvalue weighted by Crippen LogP contribution is -1.92. The Kier molecular flexibility index (Phi) is 3.21. The topological polar surface area (TPSA) is 78.2 Å². The van der Waals surface area contributed by atoms with Crippen molar-refractivity contribution in [2.75, 3.05) is 0 Å². The Morgan fingerprint density at radius 2 is 2.15 bits per heavy atom. The van der Waals surface area contributed by atoms with E-state index < -0.39 is 4.92 Å². The van der Waals surface area contributed by atoms with E-state index in [0.717, 1.165) is 10.2 Å². The number of nitrogens with zero attached hydrogens (tertiary/aromatic N) is 3. The zero-order valence-electron chi connectivity index (χ0n) is 9.82. The number of halogens is 1. The van der Waals surface area contributed by atoms with E-state index >= 15 is 0 Å². The first kappa shape index (κ1) is 12.8. The lowest BCUT2D eigenvalue weighted by Gasteiger charge is -2.06. The van der Waals surface area contributed by atoms with E-state index in [1.807, 2.05) is 11.4 Å². The van der Waals surface area contributed by atoms with Crippen molar-refractivity contribution in [2.45, 2.75) is 0 Å². The fourth-order valence-corrected chi connectivity index (χ4v) is 2.61. The summed E-state index contributed by atoms with van der Waals surface area (Å²) in [5, 5.41) is 12.7. The van der Waals surface area contributed by atoms with Crippen molar-refractivity contribution in [2.24, 2.45) is 0 Å². The number of nitro benzene ring substituents is 1. The molecular weight excluding hydrogens is 302 g/mol. The van der Waals surface area contributed by atoms with Crippen molar-refractivity contribution in [1.82, 2.24) is 9.97 Å². The van der Waals surface area contributed by atoms with Gasteiger partial charge in [0.25, 0.3) is 5.69 Å². The number of rotatable bonds is 3. The van der Waals surface area contributed by atoms with Crippen LogP contribution in [-0.2, 0) is 0 Å². The van der Waals surface area contributed by atoms with Crippen LogP contribution in [0.3, 0.4) is 0 Å². The molecule has 0 aliphatic heterocycles. The molecule has 0 saturated heterocycles. The normalized spacial score (nSPS) is 10.7. The van der Waals surface area contributed by atoms with Gasteiger partial charge in [-0.05, 0) is 17.5 Å². The fraction of sp³-hybridized carbons (Fsp3) is 0. The minimum Gasteiger partial charge on any atom is -0.436 e. The van der Waals surface area contributed by atoms with Crippen molar-refractivity contribution in [3.8, 4) is 11.6 Å². The average molecular weight is 308 g/mol. The Morgan fingerprint density at radius 1 is 1.30 bits per heavy atom. The molecule has 2 heterocycles. The quantitative estimate of drug-likeness (QED) is 0.539. The van der Waals surface area contributed by atoms with Gasteiger partial charge in [-0.25, -0.2) is 9.97 Å². The molecule has 20 heavy (non-hydrogen) atoms.